The molecule has 0 aliphatic heterocycles. The van der Waals surface area contributed by atoms with Gasteiger partial charge in [-0.15, -0.1) is 0 Å². The van der Waals surface area contributed by atoms with Crippen LogP contribution in [-0.2, 0) is 6.18 Å². The van der Waals surface area contributed by atoms with Gasteiger partial charge in [-0.1, -0.05) is 0 Å². The van der Waals surface area contributed by atoms with Gasteiger partial charge in [0.15, 0.2) is 11.5 Å². The number of nitriles is 1. The Balaban J connectivity index is 2.46. The lowest BCUT2D eigenvalue weighted by Crippen LogP contribution is -2.05. The fourth-order valence-electron chi connectivity index (χ4n) is 2.05. The van der Waals surface area contributed by atoms with E-state index >= 15 is 0 Å². The molecule has 2 aromatic rings. The fourth-order valence-corrected chi connectivity index (χ4v) is 2.05. The van der Waals surface area contributed by atoms with Crippen LogP contribution < -0.4 is 9.47 Å². The minimum atomic E-state index is -4.50. The normalized spacial score (nSPS) is 11.8. The predicted molar refractivity (Wildman–Crippen MR) is 83.9 cm³/mol. The van der Waals surface area contributed by atoms with E-state index in [9.17, 15) is 23.5 Å². The van der Waals surface area contributed by atoms with Crippen LogP contribution >= 0.6 is 0 Å². The predicted octanol–water partition coefficient (Wildman–Crippen LogP) is 3.89. The number of pyridine rings is 1. The van der Waals surface area contributed by atoms with Gasteiger partial charge in [0, 0.05) is 6.20 Å². The van der Waals surface area contributed by atoms with Crippen molar-refractivity contribution in [1.82, 2.24) is 4.98 Å². The molecule has 5 nitrogen and oxygen atoms in total. The number of ether oxygens (including phenoxy) is 2. The quantitative estimate of drug-likeness (QED) is 0.847. The van der Waals surface area contributed by atoms with E-state index in [1.54, 1.807) is 0 Å². The summed E-state index contributed by atoms with van der Waals surface area (Å²) in [7, 11) is 2.70. The first-order valence-electron chi connectivity index (χ1n) is 6.90. The lowest BCUT2D eigenvalue weighted by Gasteiger charge is -2.10. The first-order valence-corrected chi connectivity index (χ1v) is 6.90. The lowest BCUT2D eigenvalue weighted by molar-refractivity contribution is -0.137. The maximum absolute atomic E-state index is 12.6. The highest BCUT2D eigenvalue weighted by Gasteiger charge is 2.30. The average molecular weight is 350 g/mol. The number of aromatic hydroxyl groups is 1. The molecule has 25 heavy (non-hydrogen) atoms. The maximum atomic E-state index is 12.6. The molecule has 1 aromatic heterocycles. The largest absolute Gasteiger partial charge is 0.502 e. The molecule has 1 N–H and O–H groups in total. The van der Waals surface area contributed by atoms with Gasteiger partial charge in [-0.2, -0.15) is 18.4 Å². The van der Waals surface area contributed by atoms with E-state index in [1.165, 1.54) is 32.4 Å². The van der Waals surface area contributed by atoms with E-state index in [2.05, 4.69) is 4.98 Å². The van der Waals surface area contributed by atoms with Crippen LogP contribution in [0.1, 0.15) is 16.8 Å². The molecule has 1 heterocycles. The number of rotatable bonds is 4. The Labute approximate surface area is 141 Å². The van der Waals surface area contributed by atoms with Crippen LogP contribution in [-0.4, -0.2) is 24.3 Å². The first kappa shape index (κ1) is 18.1. The second-order valence-corrected chi connectivity index (χ2v) is 4.87. The number of allylic oxidation sites excluding steroid dienone is 1. The number of alkyl halides is 3. The van der Waals surface area contributed by atoms with Gasteiger partial charge in [-0.3, -0.25) is 4.98 Å². The van der Waals surface area contributed by atoms with Gasteiger partial charge in [-0.25, -0.2) is 0 Å². The van der Waals surface area contributed by atoms with Gasteiger partial charge in [0.2, 0.25) is 5.75 Å². The highest BCUT2D eigenvalue weighted by atomic mass is 19.4. The second kappa shape index (κ2) is 7.13. The van der Waals surface area contributed by atoms with Crippen LogP contribution in [0, 0.1) is 11.3 Å². The zero-order valence-electron chi connectivity index (χ0n) is 13.3. The summed E-state index contributed by atoms with van der Waals surface area (Å²) < 4.78 is 47.8. The van der Waals surface area contributed by atoms with Crippen LogP contribution in [0.3, 0.4) is 0 Å². The number of benzene rings is 1. The molecular formula is C17H13F3N2O3. The monoisotopic (exact) mass is 350 g/mol. The van der Waals surface area contributed by atoms with E-state index in [-0.39, 0.29) is 28.5 Å². The van der Waals surface area contributed by atoms with Crippen LogP contribution in [0.4, 0.5) is 13.2 Å². The fraction of sp³-hybridized carbons (Fsp3) is 0.176. The summed E-state index contributed by atoms with van der Waals surface area (Å²) in [6, 6.07) is 6.77. The summed E-state index contributed by atoms with van der Waals surface area (Å²) >= 11 is 0. The van der Waals surface area contributed by atoms with Gasteiger partial charge >= 0.3 is 6.18 Å². The summed E-state index contributed by atoms with van der Waals surface area (Å²) in [5.41, 5.74) is -0.323. The summed E-state index contributed by atoms with van der Waals surface area (Å²) in [6.45, 7) is 0. The van der Waals surface area contributed by atoms with Crippen molar-refractivity contribution in [1.29, 1.82) is 5.26 Å². The molecule has 0 saturated heterocycles. The summed E-state index contributed by atoms with van der Waals surface area (Å²) in [5, 5.41) is 19.2. The topological polar surface area (TPSA) is 75.4 Å². The molecule has 0 saturated carbocycles. The van der Waals surface area contributed by atoms with Crippen molar-refractivity contribution in [3.8, 4) is 23.3 Å². The van der Waals surface area contributed by atoms with Crippen molar-refractivity contribution in [2.75, 3.05) is 14.2 Å². The third kappa shape index (κ3) is 4.01. The van der Waals surface area contributed by atoms with Crippen LogP contribution in [0.2, 0.25) is 0 Å². The van der Waals surface area contributed by atoms with E-state index < -0.39 is 11.7 Å². The molecule has 8 heteroatoms. The number of hydrogen-bond acceptors (Lipinski definition) is 5. The minimum Gasteiger partial charge on any atom is -0.502 e. The highest BCUT2D eigenvalue weighted by Crippen LogP contribution is 2.38. The number of hydrogen-bond donors (Lipinski definition) is 1. The molecule has 1 aromatic carbocycles. The van der Waals surface area contributed by atoms with E-state index in [4.69, 9.17) is 9.47 Å². The van der Waals surface area contributed by atoms with E-state index in [0.29, 0.717) is 11.8 Å². The van der Waals surface area contributed by atoms with Crippen molar-refractivity contribution < 1.29 is 27.8 Å². The lowest BCUT2D eigenvalue weighted by atomic mass is 10.1. The molecule has 2 rings (SSSR count). The van der Waals surface area contributed by atoms with Crippen molar-refractivity contribution >= 4 is 11.6 Å². The maximum Gasteiger partial charge on any atom is 0.417 e. The van der Waals surface area contributed by atoms with Crippen LogP contribution in [0.5, 0.6) is 17.2 Å². The van der Waals surface area contributed by atoms with Gasteiger partial charge in [0.25, 0.3) is 0 Å². The van der Waals surface area contributed by atoms with E-state index in [0.717, 1.165) is 12.1 Å². The van der Waals surface area contributed by atoms with Gasteiger partial charge in [-0.05, 0) is 35.9 Å². The summed E-state index contributed by atoms with van der Waals surface area (Å²) in [6.07, 6.45) is -2.43. The summed E-state index contributed by atoms with van der Waals surface area (Å²) in [4.78, 5) is 3.69. The van der Waals surface area contributed by atoms with Gasteiger partial charge in [0.05, 0.1) is 31.1 Å². The molecule has 0 aliphatic rings. The molecule has 0 fully saturated rings. The standard InChI is InChI=1S/C17H13F3N2O3/c1-24-14-6-10(7-15(25-2)16(14)23)5-11(8-21)13-4-3-12(9-22-13)17(18,19)20/h3-7,9,23H,1-2H3/b11-5+. The zero-order valence-corrected chi connectivity index (χ0v) is 13.3. The Morgan fingerprint density at radius 2 is 1.80 bits per heavy atom. The average Bonchev–Trinajstić information content (AvgIpc) is 2.60. The van der Waals surface area contributed by atoms with Crippen LogP contribution in [0.25, 0.3) is 11.6 Å². The number of aromatic nitrogens is 1. The zero-order chi connectivity index (χ0) is 18.6. The second-order valence-electron chi connectivity index (χ2n) is 4.87. The number of halogens is 3. The number of methoxy groups -OCH3 is 2. The molecule has 0 aliphatic carbocycles. The molecule has 0 atom stereocenters. The third-order valence-corrected chi connectivity index (χ3v) is 3.30. The highest BCUT2D eigenvalue weighted by molar-refractivity contribution is 5.88. The van der Waals surface area contributed by atoms with Crippen molar-refractivity contribution in [2.45, 2.75) is 6.18 Å². The first-order chi connectivity index (χ1) is 11.8. The molecule has 0 bridgehead atoms. The molecule has 130 valence electrons. The Kier molecular flexibility index (Phi) is 5.17. The third-order valence-electron chi connectivity index (χ3n) is 3.30. The molecule has 0 amide bonds. The Bertz CT molecular complexity index is 813. The van der Waals surface area contributed by atoms with E-state index in [1.807, 2.05) is 6.07 Å². The Hall–Kier alpha value is -3.21. The number of phenols is 1. The smallest absolute Gasteiger partial charge is 0.417 e. The molecule has 0 radical (unpaired) electrons. The molecule has 0 spiro atoms. The Morgan fingerprint density at radius 1 is 1.20 bits per heavy atom. The minimum absolute atomic E-state index is 0.0449. The van der Waals surface area contributed by atoms with Crippen molar-refractivity contribution in [2.24, 2.45) is 0 Å². The van der Waals surface area contributed by atoms with Crippen molar-refractivity contribution in [3.05, 3.63) is 47.3 Å². The number of nitrogens with zero attached hydrogens (tertiary/aromatic N) is 2. The number of phenolic OH excluding ortho intramolecular Hbond substituents is 1. The van der Waals surface area contributed by atoms with Crippen molar-refractivity contribution in [3.63, 3.8) is 0 Å². The SMILES string of the molecule is COc1cc(/C=C(\C#N)c2ccc(C(F)(F)F)cn2)cc(OC)c1O. The Morgan fingerprint density at radius 3 is 2.20 bits per heavy atom. The van der Waals surface area contributed by atoms with Crippen LogP contribution in [0.15, 0.2) is 30.5 Å². The van der Waals surface area contributed by atoms with Gasteiger partial charge < -0.3 is 14.6 Å². The molecular weight excluding hydrogens is 337 g/mol. The summed E-state index contributed by atoms with van der Waals surface area (Å²) in [5.74, 6) is 0.0554. The van der Waals surface area contributed by atoms with Gasteiger partial charge in [0.1, 0.15) is 6.07 Å². The molecule has 0 unspecified atom stereocenters.